The van der Waals surface area contributed by atoms with Crippen LogP contribution in [0.15, 0.2) is 48.5 Å². The lowest BCUT2D eigenvalue weighted by atomic mass is 9.90. The average Bonchev–Trinajstić information content (AvgIpc) is 2.76. The van der Waals surface area contributed by atoms with Crippen LogP contribution in [0.1, 0.15) is 12.8 Å². The van der Waals surface area contributed by atoms with Crippen LogP contribution in [0.2, 0.25) is 0 Å². The maximum Gasteiger partial charge on any atom is 0.327 e. The van der Waals surface area contributed by atoms with Crippen LogP contribution in [0.25, 0.3) is 11.1 Å². The molecule has 1 aliphatic rings. The van der Waals surface area contributed by atoms with E-state index in [-0.39, 0.29) is 25.9 Å². The number of carboxylic acids is 1. The maximum atomic E-state index is 12.2. The Morgan fingerprint density at radius 3 is 2.00 bits per heavy atom. The lowest BCUT2D eigenvalue weighted by molar-refractivity contribution is -0.140. The smallest absolute Gasteiger partial charge is 0.327 e. The first-order chi connectivity index (χ1) is 15.1. The number of anilines is 1. The summed E-state index contributed by atoms with van der Waals surface area (Å²) in [5.41, 5.74) is 2.06. The monoisotopic (exact) mass is 482 g/mol. The summed E-state index contributed by atoms with van der Waals surface area (Å²) >= 11 is -2.58. The molecular formula is C21H26N2O7S2. The van der Waals surface area contributed by atoms with E-state index in [0.717, 1.165) is 27.4 Å². The third-order valence-electron chi connectivity index (χ3n) is 5.63. The molecule has 1 heterocycles. The molecule has 2 aromatic rings. The molecule has 0 bridgehead atoms. The summed E-state index contributed by atoms with van der Waals surface area (Å²) in [6.45, 7) is 0.352. The van der Waals surface area contributed by atoms with Crippen molar-refractivity contribution in [2.24, 2.45) is 5.92 Å². The Bertz CT molecular complexity index is 1060. The number of carbonyl (C=O) groups is 1. The van der Waals surface area contributed by atoms with Crippen molar-refractivity contribution >= 4 is 32.9 Å². The van der Waals surface area contributed by atoms with Gasteiger partial charge in [0.05, 0.1) is 19.1 Å². The number of ether oxygens (including phenoxy) is 1. The molecule has 3 rings (SSSR count). The number of methoxy groups -OCH3 is 1. The van der Waals surface area contributed by atoms with E-state index in [4.69, 9.17) is 4.74 Å². The van der Waals surface area contributed by atoms with Gasteiger partial charge in [0.15, 0.2) is 0 Å². The summed E-state index contributed by atoms with van der Waals surface area (Å²) in [7, 11) is -1.78. The highest BCUT2D eigenvalue weighted by molar-refractivity contribution is 7.88. The minimum atomic E-state index is -3.36. The Kier molecular flexibility index (Phi) is 7.55. The number of sulfonamides is 1. The van der Waals surface area contributed by atoms with Crippen molar-refractivity contribution in [3.05, 3.63) is 48.5 Å². The van der Waals surface area contributed by atoms with E-state index in [0.29, 0.717) is 5.69 Å². The Hall–Kier alpha value is -2.47. The molecule has 0 aliphatic carbocycles. The van der Waals surface area contributed by atoms with Crippen LogP contribution in [0.3, 0.4) is 0 Å². The fourth-order valence-electron chi connectivity index (χ4n) is 3.95. The molecule has 1 aliphatic heterocycles. The van der Waals surface area contributed by atoms with Crippen molar-refractivity contribution in [2.45, 2.75) is 18.9 Å². The molecule has 1 fully saturated rings. The van der Waals surface area contributed by atoms with Gasteiger partial charge in [-0.05, 0) is 54.2 Å². The molecule has 0 radical (unpaired) electrons. The summed E-state index contributed by atoms with van der Waals surface area (Å²) < 4.78 is 53.1. The van der Waals surface area contributed by atoms with Gasteiger partial charge in [0.2, 0.25) is 10.0 Å². The number of hydrogen-bond donors (Lipinski definition) is 2. The van der Waals surface area contributed by atoms with Crippen molar-refractivity contribution in [1.82, 2.24) is 4.31 Å². The predicted octanol–water partition coefficient (Wildman–Crippen LogP) is 2.43. The zero-order chi connectivity index (χ0) is 23.5. The minimum absolute atomic E-state index is 0.176. The Labute approximate surface area is 190 Å². The highest BCUT2D eigenvalue weighted by Gasteiger charge is 2.39. The Balaban J connectivity index is 1.85. The van der Waals surface area contributed by atoms with E-state index in [1.165, 1.54) is 4.31 Å². The molecule has 32 heavy (non-hydrogen) atoms. The molecule has 2 atom stereocenters. The van der Waals surface area contributed by atoms with Gasteiger partial charge in [0.1, 0.15) is 11.8 Å². The molecular weight excluding hydrogens is 456 g/mol. The van der Waals surface area contributed by atoms with E-state index in [1.807, 2.05) is 24.3 Å². The van der Waals surface area contributed by atoms with Crippen LogP contribution < -0.4 is 9.04 Å². The maximum absolute atomic E-state index is 12.2. The highest BCUT2D eigenvalue weighted by atomic mass is 32.2. The number of benzene rings is 2. The first-order valence-electron chi connectivity index (χ1n) is 9.94. The summed E-state index contributed by atoms with van der Waals surface area (Å²) in [4.78, 5) is 12.1. The van der Waals surface area contributed by atoms with Crippen molar-refractivity contribution in [3.8, 4) is 16.9 Å². The van der Waals surface area contributed by atoms with Crippen LogP contribution >= 0.6 is 0 Å². The number of hydrogen-bond acceptors (Lipinski definition) is 5. The molecule has 1 saturated heterocycles. The van der Waals surface area contributed by atoms with Gasteiger partial charge in [-0.2, -0.15) is 0 Å². The van der Waals surface area contributed by atoms with Crippen molar-refractivity contribution in [1.29, 1.82) is 0 Å². The molecule has 2 unspecified atom stereocenters. The molecule has 9 nitrogen and oxygen atoms in total. The topological polar surface area (TPSA) is 124 Å². The van der Waals surface area contributed by atoms with Gasteiger partial charge in [-0.3, -0.25) is 8.86 Å². The lowest BCUT2D eigenvalue weighted by Crippen LogP contribution is -2.51. The number of aliphatic carboxylic acids is 1. The van der Waals surface area contributed by atoms with Gasteiger partial charge in [-0.1, -0.05) is 24.3 Å². The van der Waals surface area contributed by atoms with Gasteiger partial charge in [-0.15, -0.1) is 0 Å². The summed E-state index contributed by atoms with van der Waals surface area (Å²) in [5.74, 6) is -0.995. The number of carboxylic acid groups (broad SMARTS) is 1. The Morgan fingerprint density at radius 2 is 1.59 bits per heavy atom. The minimum Gasteiger partial charge on any atom is -0.497 e. The van der Waals surface area contributed by atoms with E-state index < -0.39 is 39.2 Å². The first-order valence-corrected chi connectivity index (χ1v) is 12.9. The standard InChI is InChI=1S/C21H26N2O7S2/c1-30-19-9-5-16(6-10-19)15-3-7-18(8-4-15)23(31(26)27)20(21(24)25)17-11-13-22(14-12-17)32(2,28)29/h3-10,17,20H,11-14H2,1-2H3,(H,24,25)(H,26,27). The van der Waals surface area contributed by atoms with Gasteiger partial charge >= 0.3 is 5.97 Å². The zero-order valence-electron chi connectivity index (χ0n) is 17.7. The molecule has 0 amide bonds. The second-order valence-electron chi connectivity index (χ2n) is 7.61. The normalized spacial score (nSPS) is 17.5. The van der Waals surface area contributed by atoms with Gasteiger partial charge in [0, 0.05) is 13.1 Å². The second kappa shape index (κ2) is 9.99. The van der Waals surface area contributed by atoms with E-state index >= 15 is 0 Å². The molecule has 2 N–H and O–H groups in total. The fourth-order valence-corrected chi connectivity index (χ4v) is 5.58. The third-order valence-corrected chi connectivity index (χ3v) is 7.71. The number of nitrogens with zero attached hydrogens (tertiary/aromatic N) is 2. The zero-order valence-corrected chi connectivity index (χ0v) is 19.4. The highest BCUT2D eigenvalue weighted by Crippen LogP contribution is 2.31. The van der Waals surface area contributed by atoms with Crippen molar-refractivity contribution in [3.63, 3.8) is 0 Å². The van der Waals surface area contributed by atoms with Crippen LogP contribution in [0.5, 0.6) is 5.75 Å². The van der Waals surface area contributed by atoms with Crippen LogP contribution in [-0.2, 0) is 26.1 Å². The predicted molar refractivity (Wildman–Crippen MR) is 122 cm³/mol. The molecule has 2 aromatic carbocycles. The van der Waals surface area contributed by atoms with Crippen molar-refractivity contribution in [2.75, 3.05) is 30.8 Å². The molecule has 11 heteroatoms. The average molecular weight is 483 g/mol. The van der Waals surface area contributed by atoms with Crippen LogP contribution in [0, 0.1) is 5.92 Å². The lowest BCUT2D eigenvalue weighted by Gasteiger charge is -2.37. The SMILES string of the molecule is COc1ccc(-c2ccc(N(C(C(=O)O)C3CCN(S(C)(=O)=O)CC3)S(=O)O)cc2)cc1. The number of rotatable bonds is 8. The fraction of sp³-hybridized carbons (Fsp3) is 0.381. The van der Waals surface area contributed by atoms with Gasteiger partial charge < -0.3 is 9.84 Å². The van der Waals surface area contributed by atoms with E-state index in [2.05, 4.69) is 0 Å². The van der Waals surface area contributed by atoms with Gasteiger partial charge in [-0.25, -0.2) is 21.7 Å². The first kappa shape index (κ1) is 24.2. The van der Waals surface area contributed by atoms with Crippen molar-refractivity contribution < 1.29 is 31.8 Å². The third kappa shape index (κ3) is 5.47. The van der Waals surface area contributed by atoms with Crippen LogP contribution in [0.4, 0.5) is 5.69 Å². The van der Waals surface area contributed by atoms with Gasteiger partial charge in [0.25, 0.3) is 11.3 Å². The number of piperidine rings is 1. The molecule has 0 spiro atoms. The quantitative estimate of drug-likeness (QED) is 0.554. The van der Waals surface area contributed by atoms with E-state index in [1.54, 1.807) is 31.4 Å². The second-order valence-corrected chi connectivity index (χ2v) is 10.5. The summed E-state index contributed by atoms with van der Waals surface area (Å²) in [5, 5.41) is 9.88. The molecule has 174 valence electrons. The van der Waals surface area contributed by atoms with Crippen LogP contribution in [-0.4, -0.2) is 65.1 Å². The molecule has 0 saturated carbocycles. The van der Waals surface area contributed by atoms with E-state index in [9.17, 15) is 27.1 Å². The largest absolute Gasteiger partial charge is 0.497 e. The molecule has 0 aromatic heterocycles. The summed E-state index contributed by atoms with van der Waals surface area (Å²) in [6, 6.07) is 12.9. The summed E-state index contributed by atoms with van der Waals surface area (Å²) in [6.07, 6.45) is 1.67. The Morgan fingerprint density at radius 1 is 1.09 bits per heavy atom.